The Morgan fingerprint density at radius 3 is 2.53 bits per heavy atom. The van der Waals surface area contributed by atoms with Gasteiger partial charge < -0.3 is 5.32 Å². The smallest absolute Gasteiger partial charge is 0.154 e. The molecule has 0 bridgehead atoms. The molecule has 0 aromatic carbocycles. The molecule has 1 N–H and O–H groups in total. The van der Waals surface area contributed by atoms with Crippen molar-refractivity contribution >= 4 is 19.7 Å². The van der Waals surface area contributed by atoms with Gasteiger partial charge in [0.2, 0.25) is 0 Å². The summed E-state index contributed by atoms with van der Waals surface area (Å²) in [5, 5.41) is 2.80. The molecule has 1 rings (SSSR count). The quantitative estimate of drug-likeness (QED) is 0.750. The predicted molar refractivity (Wildman–Crippen MR) is 77.8 cm³/mol. The summed E-state index contributed by atoms with van der Waals surface area (Å²) in [7, 11) is -6.13. The minimum Gasteiger partial charge on any atom is -0.313 e. The lowest BCUT2D eigenvalue weighted by Gasteiger charge is -2.30. The highest BCUT2D eigenvalue weighted by Gasteiger charge is 2.35. The van der Waals surface area contributed by atoms with Crippen LogP contribution in [0, 0.1) is 0 Å². The van der Waals surface area contributed by atoms with Crippen molar-refractivity contribution in [1.29, 1.82) is 0 Å². The molecule has 0 radical (unpaired) electrons. The molecule has 0 aromatic heterocycles. The van der Waals surface area contributed by atoms with Crippen molar-refractivity contribution in [2.75, 3.05) is 24.3 Å². The largest absolute Gasteiger partial charge is 0.313 e. The maximum absolute atomic E-state index is 12.1. The third-order valence-corrected chi connectivity index (χ3v) is 6.86. The van der Waals surface area contributed by atoms with E-state index in [1.807, 2.05) is 6.92 Å². The highest BCUT2D eigenvalue weighted by molar-refractivity contribution is 7.92. The molecule has 0 saturated carbocycles. The summed E-state index contributed by atoms with van der Waals surface area (Å²) in [6.45, 7) is 2.73. The Labute approximate surface area is 117 Å². The normalized spacial score (nSPS) is 25.1. The third kappa shape index (κ3) is 5.79. The van der Waals surface area contributed by atoms with Gasteiger partial charge in [-0.25, -0.2) is 16.8 Å². The van der Waals surface area contributed by atoms with E-state index in [-0.39, 0.29) is 17.5 Å². The Morgan fingerprint density at radius 1 is 1.32 bits per heavy atom. The van der Waals surface area contributed by atoms with E-state index in [0.29, 0.717) is 12.8 Å². The maximum atomic E-state index is 12.1. The zero-order valence-corrected chi connectivity index (χ0v) is 13.4. The van der Waals surface area contributed by atoms with Crippen molar-refractivity contribution < 1.29 is 16.8 Å². The third-order valence-electron chi connectivity index (χ3n) is 3.53. The number of rotatable bonds is 7. The van der Waals surface area contributed by atoms with Crippen LogP contribution >= 0.6 is 0 Å². The molecule has 0 spiro atoms. The monoisotopic (exact) mass is 311 g/mol. The standard InChI is InChI=1S/C12H25NO4S2/c1-3-8-13-11(7-10-18(2,14)15)12-6-4-5-9-19(12,16)17/h11-13H,3-10H2,1-2H3. The molecule has 7 heteroatoms. The highest BCUT2D eigenvalue weighted by atomic mass is 32.2. The first-order chi connectivity index (χ1) is 8.76. The van der Waals surface area contributed by atoms with Crippen LogP contribution in [0.2, 0.25) is 0 Å². The van der Waals surface area contributed by atoms with Crippen molar-refractivity contribution in [2.45, 2.75) is 50.3 Å². The van der Waals surface area contributed by atoms with Gasteiger partial charge in [0.1, 0.15) is 9.84 Å². The van der Waals surface area contributed by atoms with E-state index in [0.717, 1.165) is 25.8 Å². The van der Waals surface area contributed by atoms with Gasteiger partial charge in [-0.15, -0.1) is 0 Å². The second kappa shape index (κ2) is 7.04. The van der Waals surface area contributed by atoms with E-state index in [9.17, 15) is 16.8 Å². The van der Waals surface area contributed by atoms with Gasteiger partial charge in [0.15, 0.2) is 9.84 Å². The second-order valence-electron chi connectivity index (χ2n) is 5.38. The van der Waals surface area contributed by atoms with Crippen molar-refractivity contribution in [3.05, 3.63) is 0 Å². The molecule has 1 fully saturated rings. The molecule has 19 heavy (non-hydrogen) atoms. The molecule has 0 amide bonds. The number of sulfone groups is 2. The van der Waals surface area contributed by atoms with E-state index in [2.05, 4.69) is 5.32 Å². The van der Waals surface area contributed by atoms with E-state index in [1.54, 1.807) is 0 Å². The molecule has 0 aromatic rings. The summed E-state index contributed by atoms with van der Waals surface area (Å²) in [4.78, 5) is 0. The maximum Gasteiger partial charge on any atom is 0.154 e. The van der Waals surface area contributed by atoms with Crippen molar-refractivity contribution in [3.8, 4) is 0 Å². The first-order valence-electron chi connectivity index (χ1n) is 6.89. The van der Waals surface area contributed by atoms with Crippen molar-refractivity contribution in [2.24, 2.45) is 0 Å². The topological polar surface area (TPSA) is 80.3 Å². The van der Waals surface area contributed by atoms with Crippen LogP contribution in [0.5, 0.6) is 0 Å². The summed E-state index contributed by atoms with van der Waals surface area (Å²) in [6.07, 6.45) is 4.76. The summed E-state index contributed by atoms with van der Waals surface area (Å²) >= 11 is 0. The Kier molecular flexibility index (Phi) is 6.26. The van der Waals surface area contributed by atoms with E-state index < -0.39 is 24.9 Å². The van der Waals surface area contributed by atoms with Gasteiger partial charge in [-0.2, -0.15) is 0 Å². The van der Waals surface area contributed by atoms with Crippen LogP contribution in [0.25, 0.3) is 0 Å². The second-order valence-corrected chi connectivity index (χ2v) is 9.98. The van der Waals surface area contributed by atoms with Crippen LogP contribution in [-0.4, -0.2) is 52.4 Å². The minimum absolute atomic E-state index is 0.0421. The van der Waals surface area contributed by atoms with E-state index >= 15 is 0 Å². The Bertz CT molecular complexity index is 470. The molecule has 2 atom stereocenters. The van der Waals surface area contributed by atoms with Gasteiger partial charge >= 0.3 is 0 Å². The van der Waals surface area contributed by atoms with Crippen molar-refractivity contribution in [3.63, 3.8) is 0 Å². The zero-order valence-electron chi connectivity index (χ0n) is 11.8. The Hall–Kier alpha value is -0.140. The fourth-order valence-corrected chi connectivity index (χ4v) is 5.37. The minimum atomic E-state index is -3.08. The molecule has 0 aliphatic carbocycles. The summed E-state index contributed by atoms with van der Waals surface area (Å²) in [5.41, 5.74) is 0. The number of hydrogen-bond acceptors (Lipinski definition) is 5. The van der Waals surface area contributed by atoms with Crippen LogP contribution in [-0.2, 0) is 19.7 Å². The van der Waals surface area contributed by atoms with Gasteiger partial charge in [-0.1, -0.05) is 13.3 Å². The fourth-order valence-electron chi connectivity index (χ4n) is 2.52. The molecular formula is C12H25NO4S2. The Morgan fingerprint density at radius 2 is 2.00 bits per heavy atom. The molecule has 1 aliphatic heterocycles. The lowest BCUT2D eigenvalue weighted by atomic mass is 10.0. The van der Waals surface area contributed by atoms with Gasteiger partial charge in [-0.3, -0.25) is 0 Å². The molecule has 1 heterocycles. The Balaban J connectivity index is 2.77. The van der Waals surface area contributed by atoms with Crippen molar-refractivity contribution in [1.82, 2.24) is 5.32 Å². The average molecular weight is 311 g/mol. The zero-order chi connectivity index (χ0) is 14.5. The first kappa shape index (κ1) is 16.9. The number of nitrogens with one attached hydrogen (secondary N) is 1. The molecular weight excluding hydrogens is 286 g/mol. The van der Waals surface area contributed by atoms with E-state index in [4.69, 9.17) is 0 Å². The summed E-state index contributed by atoms with van der Waals surface area (Å²) in [6, 6.07) is -0.236. The van der Waals surface area contributed by atoms with Crippen LogP contribution in [0.1, 0.15) is 39.0 Å². The van der Waals surface area contributed by atoms with Crippen LogP contribution in [0.3, 0.4) is 0 Å². The summed E-state index contributed by atoms with van der Waals surface area (Å²) in [5.74, 6) is 0.279. The number of hydrogen-bond donors (Lipinski definition) is 1. The van der Waals surface area contributed by atoms with Crippen LogP contribution in [0.15, 0.2) is 0 Å². The van der Waals surface area contributed by atoms with Gasteiger partial charge in [0, 0.05) is 12.3 Å². The van der Waals surface area contributed by atoms with Gasteiger partial charge in [0.25, 0.3) is 0 Å². The van der Waals surface area contributed by atoms with Crippen LogP contribution < -0.4 is 5.32 Å². The lowest BCUT2D eigenvalue weighted by Crippen LogP contribution is -2.47. The van der Waals surface area contributed by atoms with Gasteiger partial charge in [-0.05, 0) is 32.2 Å². The van der Waals surface area contributed by atoms with Crippen LogP contribution in [0.4, 0.5) is 0 Å². The predicted octanol–water partition coefficient (Wildman–Crippen LogP) is 0.757. The van der Waals surface area contributed by atoms with Gasteiger partial charge in [0.05, 0.1) is 16.8 Å². The molecule has 2 unspecified atom stereocenters. The lowest BCUT2D eigenvalue weighted by molar-refractivity contribution is 0.426. The SMILES string of the molecule is CCCNC(CCS(C)(=O)=O)C1CCCCS1(=O)=O. The fraction of sp³-hybridized carbons (Fsp3) is 1.00. The summed E-state index contributed by atoms with van der Waals surface area (Å²) < 4.78 is 46.8. The highest BCUT2D eigenvalue weighted by Crippen LogP contribution is 2.24. The first-order valence-corrected chi connectivity index (χ1v) is 10.7. The molecule has 114 valence electrons. The molecule has 5 nitrogen and oxygen atoms in total. The molecule has 1 aliphatic rings. The molecule has 1 saturated heterocycles. The van der Waals surface area contributed by atoms with E-state index in [1.165, 1.54) is 6.26 Å². The average Bonchev–Trinajstić information content (AvgIpc) is 2.28.